The summed E-state index contributed by atoms with van der Waals surface area (Å²) in [5.74, 6) is 0.0416. The number of amides is 1. The number of carbonyl (C=O) groups excluding carboxylic acids is 1. The number of likely N-dealkylation sites (tertiary alicyclic amines) is 1. The highest BCUT2D eigenvalue weighted by Crippen LogP contribution is 2.29. The van der Waals surface area contributed by atoms with Crippen LogP contribution >= 0.6 is 0 Å². The van der Waals surface area contributed by atoms with Crippen LogP contribution in [0.15, 0.2) is 30.5 Å². The first-order chi connectivity index (χ1) is 10.7. The van der Waals surface area contributed by atoms with Gasteiger partial charge < -0.3 is 10.2 Å². The van der Waals surface area contributed by atoms with Gasteiger partial charge in [-0.3, -0.25) is 19.9 Å². The van der Waals surface area contributed by atoms with Crippen LogP contribution in [0.5, 0.6) is 0 Å². The SMILES string of the molecule is O=C(CNc1ccc([N+](=O)[O-])c2cccnc12)N1CCCC1. The number of anilines is 1. The number of aromatic nitrogens is 1. The zero-order valence-electron chi connectivity index (χ0n) is 12.0. The van der Waals surface area contributed by atoms with E-state index in [2.05, 4.69) is 10.3 Å². The van der Waals surface area contributed by atoms with Crippen molar-refractivity contribution in [3.8, 4) is 0 Å². The third kappa shape index (κ3) is 2.69. The molecule has 0 atom stereocenters. The Morgan fingerprint density at radius 2 is 2.09 bits per heavy atom. The van der Waals surface area contributed by atoms with Gasteiger partial charge >= 0.3 is 0 Å². The fourth-order valence-electron chi connectivity index (χ4n) is 2.71. The predicted octanol–water partition coefficient (Wildman–Crippen LogP) is 2.18. The van der Waals surface area contributed by atoms with E-state index in [0.29, 0.717) is 16.6 Å². The van der Waals surface area contributed by atoms with E-state index < -0.39 is 4.92 Å². The van der Waals surface area contributed by atoms with Crippen molar-refractivity contribution in [1.29, 1.82) is 0 Å². The number of hydrogen-bond donors (Lipinski definition) is 1. The van der Waals surface area contributed by atoms with Gasteiger partial charge in [0, 0.05) is 25.4 Å². The van der Waals surface area contributed by atoms with Crippen LogP contribution in [-0.4, -0.2) is 40.3 Å². The summed E-state index contributed by atoms with van der Waals surface area (Å²) in [4.78, 5) is 28.7. The maximum Gasteiger partial charge on any atom is 0.278 e. The van der Waals surface area contributed by atoms with Crippen molar-refractivity contribution in [2.75, 3.05) is 25.0 Å². The predicted molar refractivity (Wildman–Crippen MR) is 82.7 cm³/mol. The van der Waals surface area contributed by atoms with Crippen molar-refractivity contribution in [2.45, 2.75) is 12.8 Å². The molecule has 0 radical (unpaired) electrons. The molecule has 22 heavy (non-hydrogen) atoms. The van der Waals surface area contributed by atoms with Crippen molar-refractivity contribution in [1.82, 2.24) is 9.88 Å². The molecule has 1 N–H and O–H groups in total. The van der Waals surface area contributed by atoms with Crippen LogP contribution in [0.3, 0.4) is 0 Å². The minimum absolute atomic E-state index is 0.0134. The molecule has 1 aliphatic heterocycles. The van der Waals surface area contributed by atoms with Gasteiger partial charge in [0.1, 0.15) is 5.52 Å². The summed E-state index contributed by atoms with van der Waals surface area (Å²) < 4.78 is 0. The van der Waals surface area contributed by atoms with Crippen molar-refractivity contribution in [3.63, 3.8) is 0 Å². The van der Waals surface area contributed by atoms with Gasteiger partial charge in [0.05, 0.1) is 22.5 Å². The average Bonchev–Trinajstić information content (AvgIpc) is 3.06. The molecule has 1 fully saturated rings. The van der Waals surface area contributed by atoms with E-state index in [1.807, 2.05) is 4.90 Å². The third-order valence-electron chi connectivity index (χ3n) is 3.83. The molecule has 1 saturated heterocycles. The Balaban J connectivity index is 1.83. The highest BCUT2D eigenvalue weighted by atomic mass is 16.6. The van der Waals surface area contributed by atoms with E-state index in [-0.39, 0.29) is 18.1 Å². The highest BCUT2D eigenvalue weighted by Gasteiger charge is 2.19. The van der Waals surface area contributed by atoms with Gasteiger partial charge in [-0.05, 0) is 31.0 Å². The van der Waals surface area contributed by atoms with Gasteiger partial charge in [-0.1, -0.05) is 0 Å². The zero-order chi connectivity index (χ0) is 15.5. The number of carbonyl (C=O) groups is 1. The molecule has 1 aromatic heterocycles. The van der Waals surface area contributed by atoms with Crippen LogP contribution in [-0.2, 0) is 4.79 Å². The number of nitro benzene ring substituents is 1. The Bertz CT molecular complexity index is 726. The lowest BCUT2D eigenvalue weighted by molar-refractivity contribution is -0.383. The Labute approximate surface area is 127 Å². The summed E-state index contributed by atoms with van der Waals surface area (Å²) in [5, 5.41) is 14.6. The number of nitrogens with zero attached hydrogens (tertiary/aromatic N) is 3. The molecule has 7 nitrogen and oxygen atoms in total. The van der Waals surface area contributed by atoms with Crippen molar-refractivity contribution in [3.05, 3.63) is 40.6 Å². The number of pyridine rings is 1. The van der Waals surface area contributed by atoms with Gasteiger partial charge in [0.25, 0.3) is 5.69 Å². The van der Waals surface area contributed by atoms with E-state index in [1.54, 1.807) is 24.4 Å². The number of nitrogens with one attached hydrogen (secondary N) is 1. The normalized spacial score (nSPS) is 14.3. The monoisotopic (exact) mass is 300 g/mol. The highest BCUT2D eigenvalue weighted by molar-refractivity contribution is 5.97. The van der Waals surface area contributed by atoms with E-state index in [0.717, 1.165) is 25.9 Å². The standard InChI is InChI=1S/C15H16N4O3/c20-14(18-8-1-2-9-18)10-17-12-5-6-13(19(21)22)11-4-3-7-16-15(11)12/h3-7,17H,1-2,8-10H2. The van der Waals surface area contributed by atoms with Crippen LogP contribution in [0.25, 0.3) is 10.9 Å². The van der Waals surface area contributed by atoms with E-state index in [1.165, 1.54) is 6.07 Å². The fourth-order valence-corrected chi connectivity index (χ4v) is 2.71. The first kappa shape index (κ1) is 14.2. The number of nitro groups is 1. The van der Waals surface area contributed by atoms with E-state index in [4.69, 9.17) is 0 Å². The lowest BCUT2D eigenvalue weighted by atomic mass is 10.1. The van der Waals surface area contributed by atoms with Crippen molar-refractivity contribution >= 4 is 28.2 Å². The molecule has 1 amide bonds. The average molecular weight is 300 g/mol. The smallest absolute Gasteiger partial charge is 0.278 e. The number of benzene rings is 1. The van der Waals surface area contributed by atoms with Crippen molar-refractivity contribution < 1.29 is 9.72 Å². The number of fused-ring (bicyclic) bond motifs is 1. The summed E-state index contributed by atoms with van der Waals surface area (Å²) in [6.07, 6.45) is 3.68. The summed E-state index contributed by atoms with van der Waals surface area (Å²) >= 11 is 0. The molecule has 2 aromatic rings. The van der Waals surface area contributed by atoms with E-state index in [9.17, 15) is 14.9 Å². The van der Waals surface area contributed by atoms with Crippen LogP contribution in [0.1, 0.15) is 12.8 Å². The first-order valence-electron chi connectivity index (χ1n) is 7.20. The Morgan fingerprint density at radius 1 is 1.32 bits per heavy atom. The summed E-state index contributed by atoms with van der Waals surface area (Å²) in [7, 11) is 0. The third-order valence-corrected chi connectivity index (χ3v) is 3.83. The molecule has 0 bridgehead atoms. The first-order valence-corrected chi connectivity index (χ1v) is 7.20. The molecule has 0 aliphatic carbocycles. The second-order valence-electron chi connectivity index (χ2n) is 5.23. The Hall–Kier alpha value is -2.70. The molecule has 0 unspecified atom stereocenters. The second-order valence-corrected chi connectivity index (χ2v) is 5.23. The van der Waals surface area contributed by atoms with Crippen LogP contribution < -0.4 is 5.32 Å². The maximum absolute atomic E-state index is 12.1. The number of hydrogen-bond acceptors (Lipinski definition) is 5. The molecule has 2 heterocycles. The molecule has 114 valence electrons. The molecule has 3 rings (SSSR count). The number of non-ortho nitro benzene ring substituents is 1. The molecule has 1 aliphatic rings. The quantitative estimate of drug-likeness (QED) is 0.690. The van der Waals surface area contributed by atoms with E-state index >= 15 is 0 Å². The van der Waals surface area contributed by atoms with Gasteiger partial charge in [-0.15, -0.1) is 0 Å². The molecule has 1 aromatic carbocycles. The van der Waals surface area contributed by atoms with Crippen LogP contribution in [0.2, 0.25) is 0 Å². The molecular weight excluding hydrogens is 284 g/mol. The topological polar surface area (TPSA) is 88.4 Å². The van der Waals surface area contributed by atoms with Crippen LogP contribution in [0.4, 0.5) is 11.4 Å². The van der Waals surface area contributed by atoms with Gasteiger partial charge in [-0.25, -0.2) is 0 Å². The molecule has 0 saturated carbocycles. The molecule has 0 spiro atoms. The molecule has 7 heteroatoms. The molecular formula is C15H16N4O3. The van der Waals surface area contributed by atoms with Gasteiger partial charge in [0.2, 0.25) is 5.91 Å². The summed E-state index contributed by atoms with van der Waals surface area (Å²) in [6.45, 7) is 1.78. The maximum atomic E-state index is 12.1. The van der Waals surface area contributed by atoms with Gasteiger partial charge in [-0.2, -0.15) is 0 Å². The second kappa shape index (κ2) is 5.97. The lowest BCUT2D eigenvalue weighted by Gasteiger charge is -2.16. The van der Waals surface area contributed by atoms with Crippen LogP contribution in [0, 0.1) is 10.1 Å². The Kier molecular flexibility index (Phi) is 3.86. The minimum atomic E-state index is -0.427. The minimum Gasteiger partial charge on any atom is -0.374 e. The van der Waals surface area contributed by atoms with Gasteiger partial charge in [0.15, 0.2) is 0 Å². The van der Waals surface area contributed by atoms with Crippen molar-refractivity contribution in [2.24, 2.45) is 0 Å². The fraction of sp³-hybridized carbons (Fsp3) is 0.333. The lowest BCUT2D eigenvalue weighted by Crippen LogP contribution is -2.33. The largest absolute Gasteiger partial charge is 0.374 e. The summed E-state index contributed by atoms with van der Waals surface area (Å²) in [6, 6.07) is 6.36. The summed E-state index contributed by atoms with van der Waals surface area (Å²) in [5.41, 5.74) is 1.15. The zero-order valence-corrected chi connectivity index (χ0v) is 12.0. The number of rotatable bonds is 4. The Morgan fingerprint density at radius 3 is 2.82 bits per heavy atom.